The van der Waals surface area contributed by atoms with Crippen molar-refractivity contribution in [1.29, 1.82) is 0 Å². The summed E-state index contributed by atoms with van der Waals surface area (Å²) in [6.07, 6.45) is 3.43. The molecule has 5 aliphatic rings. The number of ether oxygens (including phenoxy) is 6. The lowest BCUT2D eigenvalue weighted by Crippen LogP contribution is -2.38. The predicted octanol–water partition coefficient (Wildman–Crippen LogP) is 25.7. The van der Waals surface area contributed by atoms with Crippen molar-refractivity contribution in [1.82, 2.24) is 0 Å². The molecular weight excluding hydrogens is 1960 g/mol. The number of halogens is 15. The molecule has 17 aromatic rings. The Labute approximate surface area is 844 Å². The third-order valence-electron chi connectivity index (χ3n) is 27.7. The van der Waals surface area contributed by atoms with Crippen LogP contribution in [0, 0.1) is 87.3 Å². The summed E-state index contributed by atoms with van der Waals surface area (Å²) in [5, 5.41) is 10.1. The molecule has 5 heterocycles. The number of fused-ring (bicyclic) bond motifs is 15. The molecule has 12 atom stereocenters. The average molecular weight is 2070 g/mol. The Morgan fingerprint density at radius 3 is 0.892 bits per heavy atom. The van der Waals surface area contributed by atoms with E-state index < -0.39 is 167 Å². The van der Waals surface area contributed by atoms with Gasteiger partial charge in [-0.1, -0.05) is 136 Å². The SMILES string of the molecule is C=S(C)(=O)c1ccc(-c2ccc3ccc4c(c3c2)C[C@H](N)[C@@H](c2cc(F)c(F)cc2F)O4)cc1.C=S(C)(=O)c1cccc(-c2ccc3ccc4c(c3c2)C[C@H](N)[C@@H](c2cc(F)c(F)cc2F)O4)c1.CCc1cc2ccc3c(c2cc1OC)C[C@H](N)[C@@H](c1cc(F)c(F)cc1F)O3.CCc1ccc2c3c(ccc2c1)O[C@H](c1cc(F)c(F)cc1F)[C@@H](N)C3.CCc1ccc2ccc3c(c2c1)C[C@H](N)[C@@H](c1cc(F)c(F)cc1F)O3. The van der Waals surface area contributed by atoms with Gasteiger partial charge in [0.2, 0.25) is 0 Å². The number of methoxy groups -OCH3 is 1. The minimum absolute atomic E-state index is 0.0653. The van der Waals surface area contributed by atoms with Gasteiger partial charge < -0.3 is 57.1 Å². The second-order valence-electron chi connectivity index (χ2n) is 37.7. The van der Waals surface area contributed by atoms with Crippen LogP contribution >= 0.6 is 0 Å². The van der Waals surface area contributed by atoms with Gasteiger partial charge in [0.1, 0.15) is 94.1 Å². The second-order valence-corrected chi connectivity index (χ2v) is 42.6. The Morgan fingerprint density at radius 1 is 0.277 bits per heavy atom. The molecule has 762 valence electrons. The quantitative estimate of drug-likeness (QED) is 0.0413. The molecule has 10 N–H and O–H groups in total. The molecule has 0 fully saturated rings. The molecule has 0 aromatic heterocycles. The number of nitrogens with two attached hydrogens (primary N) is 5. The summed E-state index contributed by atoms with van der Waals surface area (Å²) < 4.78 is 266. The highest BCUT2D eigenvalue weighted by molar-refractivity contribution is 8.00. The van der Waals surface area contributed by atoms with Crippen molar-refractivity contribution < 1.29 is 103 Å². The number of aryl methyl sites for hydroxylation is 3. The molecule has 0 saturated heterocycles. The molecule has 13 nitrogen and oxygen atoms in total. The zero-order chi connectivity index (χ0) is 105. The van der Waals surface area contributed by atoms with Crippen LogP contribution in [-0.4, -0.2) is 70.0 Å². The van der Waals surface area contributed by atoms with Gasteiger partial charge in [0, 0.05) is 108 Å². The van der Waals surface area contributed by atoms with Gasteiger partial charge in [-0.15, -0.1) is 0 Å². The fourth-order valence-electron chi connectivity index (χ4n) is 19.8. The van der Waals surface area contributed by atoms with E-state index in [0.717, 1.165) is 165 Å². The molecule has 0 bridgehead atoms. The maximum absolute atomic E-state index is 14.4. The van der Waals surface area contributed by atoms with Crippen LogP contribution in [0.1, 0.15) is 124 Å². The summed E-state index contributed by atoms with van der Waals surface area (Å²) in [5.41, 5.74) is 42.8. The van der Waals surface area contributed by atoms with E-state index in [1.165, 1.54) is 11.1 Å². The zero-order valence-corrected chi connectivity index (χ0v) is 82.4. The molecule has 148 heavy (non-hydrogen) atoms. The third-order valence-corrected chi connectivity index (χ3v) is 30.2. The van der Waals surface area contributed by atoms with Crippen molar-refractivity contribution in [3.05, 3.63) is 414 Å². The maximum atomic E-state index is 14.4. The molecule has 0 saturated carbocycles. The fraction of sp³-hybridized carbons (Fsp3) is 0.203. The highest BCUT2D eigenvalue weighted by atomic mass is 32.2. The Kier molecular flexibility index (Phi) is 29.5. The van der Waals surface area contributed by atoms with Gasteiger partial charge in [-0.2, -0.15) is 0 Å². The zero-order valence-electron chi connectivity index (χ0n) is 80.7. The van der Waals surface area contributed by atoms with Crippen molar-refractivity contribution in [3.63, 3.8) is 0 Å². The van der Waals surface area contributed by atoms with Crippen LogP contribution in [0.2, 0.25) is 0 Å². The normalized spacial score (nSPS) is 19.2. The van der Waals surface area contributed by atoms with Gasteiger partial charge in [0.05, 0.1) is 37.3 Å². The summed E-state index contributed by atoms with van der Waals surface area (Å²) in [4.78, 5) is 1.35. The smallest absolute Gasteiger partial charge is 0.161 e. The topological polar surface area (TPSA) is 220 Å². The first-order valence-electron chi connectivity index (χ1n) is 47.6. The van der Waals surface area contributed by atoms with E-state index in [2.05, 4.69) is 68.9 Å². The van der Waals surface area contributed by atoms with Gasteiger partial charge in [0.15, 0.2) is 58.2 Å². The average Bonchev–Trinajstić information content (AvgIpc) is 0.786. The Morgan fingerprint density at radius 2 is 0.554 bits per heavy atom. The highest BCUT2D eigenvalue weighted by Crippen LogP contribution is 2.49. The third kappa shape index (κ3) is 21.1. The summed E-state index contributed by atoms with van der Waals surface area (Å²) >= 11 is 0. The predicted molar refractivity (Wildman–Crippen MR) is 551 cm³/mol. The molecule has 5 aliphatic heterocycles. The molecule has 22 rings (SSSR count). The first kappa shape index (κ1) is 104. The van der Waals surface area contributed by atoms with Crippen LogP contribution in [0.25, 0.3) is 76.1 Å². The van der Waals surface area contributed by atoms with Gasteiger partial charge in [-0.05, 0) is 284 Å². The van der Waals surface area contributed by atoms with Crippen molar-refractivity contribution in [2.75, 3.05) is 19.6 Å². The molecular formula is C118H100F15N5O8S2. The molecule has 17 aromatic carbocycles. The Bertz CT molecular complexity index is 8380. The lowest BCUT2D eigenvalue weighted by Gasteiger charge is -2.32. The standard InChI is InChI=1S/2C27H22F3NO2S.C22H20F3NO2.2C21H18F3NO/c1-34(2,32)18-8-5-15(6-9-18)17-4-3-16-7-10-26-20(19(16)11-17)13-25(31)27(33-26)21-12-23(29)24(30)14-22(21)28;1-34(2,32)18-5-3-4-16(10-18)17-7-6-15-8-9-26-20(19(15)11-17)13-25(31)27(33-26)21-12-23(29)24(30)14-22(21)28;1-3-11-6-12-4-5-20-14(13(12)9-21(11)27-2)8-19(26)22(28-20)15-7-17(24)18(25)10-16(15)23;1-2-11-3-5-13-12(7-11)4-6-20-14(13)9-19(25)21(26-20)15-8-17(23)18(24)10-16(15)22;1-2-11-3-4-12-5-6-20-14(13(12)7-11)9-19(25)21(26-20)15-8-17(23)18(24)10-16(15)22/h2*3-12,14,25,27H,1,13,31H2,2H3;4-7,9-10,19,22H,3,8,26H2,1-2H3;2*3-8,10,19,21H,2,9,25H2,1H3/t2*25-,27+,34?;19-,22+;2*19-,21+/m00000/s1. The second kappa shape index (κ2) is 42.1. The van der Waals surface area contributed by atoms with E-state index in [1.807, 2.05) is 133 Å². The molecule has 0 spiro atoms. The lowest BCUT2D eigenvalue weighted by atomic mass is 9.89. The first-order chi connectivity index (χ1) is 70.6. The van der Waals surface area contributed by atoms with Gasteiger partial charge in [-0.3, -0.25) is 8.42 Å². The summed E-state index contributed by atoms with van der Waals surface area (Å²) in [5.74, 6) is -5.21. The van der Waals surface area contributed by atoms with Crippen LogP contribution in [0.5, 0.6) is 34.5 Å². The largest absolute Gasteiger partial charge is 0.496 e. The van der Waals surface area contributed by atoms with Crippen molar-refractivity contribution in [3.8, 4) is 56.8 Å². The Hall–Kier alpha value is -14.4. The van der Waals surface area contributed by atoms with Crippen LogP contribution in [0.15, 0.2) is 265 Å². The minimum Gasteiger partial charge on any atom is -0.496 e. The van der Waals surface area contributed by atoms with Gasteiger partial charge in [-0.25, -0.2) is 65.9 Å². The van der Waals surface area contributed by atoms with Crippen molar-refractivity contribution in [2.45, 2.75) is 143 Å². The van der Waals surface area contributed by atoms with E-state index in [0.29, 0.717) is 101 Å². The molecule has 2 unspecified atom stereocenters. The Balaban J connectivity index is 0.000000122. The van der Waals surface area contributed by atoms with Crippen molar-refractivity contribution >= 4 is 84.6 Å². The minimum atomic E-state index is -2.36. The van der Waals surface area contributed by atoms with E-state index >= 15 is 0 Å². The van der Waals surface area contributed by atoms with Crippen LogP contribution in [0.3, 0.4) is 0 Å². The monoisotopic (exact) mass is 2060 g/mol. The molecule has 0 aliphatic carbocycles. The number of rotatable bonds is 13. The van der Waals surface area contributed by atoms with E-state index in [1.54, 1.807) is 43.9 Å². The highest BCUT2D eigenvalue weighted by Gasteiger charge is 2.40. The van der Waals surface area contributed by atoms with Gasteiger partial charge in [0.25, 0.3) is 0 Å². The van der Waals surface area contributed by atoms with Gasteiger partial charge >= 0.3 is 0 Å². The van der Waals surface area contributed by atoms with E-state index in [-0.39, 0.29) is 27.8 Å². The summed E-state index contributed by atoms with van der Waals surface area (Å²) in [6, 6.07) is 65.7. The van der Waals surface area contributed by atoms with E-state index in [4.69, 9.17) is 57.1 Å². The first-order valence-corrected chi connectivity index (χ1v) is 51.9. The summed E-state index contributed by atoms with van der Waals surface area (Å²) in [6.45, 7) is 6.24. The number of hydrogen-bond donors (Lipinski definition) is 5. The molecule has 0 amide bonds. The lowest BCUT2D eigenvalue weighted by molar-refractivity contribution is 0.149. The fourth-order valence-corrected chi connectivity index (χ4v) is 21.3. The van der Waals surface area contributed by atoms with E-state index in [9.17, 15) is 74.3 Å². The maximum Gasteiger partial charge on any atom is 0.161 e. The molecule has 0 radical (unpaired) electrons. The van der Waals surface area contributed by atoms with Crippen LogP contribution in [0.4, 0.5) is 65.9 Å². The van der Waals surface area contributed by atoms with Crippen LogP contribution < -0.4 is 57.1 Å². The van der Waals surface area contributed by atoms with Crippen molar-refractivity contribution in [2.24, 2.45) is 28.7 Å². The number of benzene rings is 17. The van der Waals surface area contributed by atoms with Crippen LogP contribution in [-0.2, 0) is 70.4 Å². The summed E-state index contributed by atoms with van der Waals surface area (Å²) in [7, 11) is -3.02. The molecule has 30 heteroatoms. The number of hydrogen-bond acceptors (Lipinski definition) is 13.